The molecule has 0 spiro atoms. The zero-order chi connectivity index (χ0) is 8.27. The Morgan fingerprint density at radius 3 is 2.55 bits per heavy atom. The first-order chi connectivity index (χ1) is 5.20. The Morgan fingerprint density at radius 1 is 1.55 bits per heavy atom. The molecule has 0 radical (unpaired) electrons. The lowest BCUT2D eigenvalue weighted by atomic mass is 10.1. The summed E-state index contributed by atoms with van der Waals surface area (Å²) in [6, 6.07) is 0.348. The maximum absolute atomic E-state index is 5.88. The Bertz CT molecular complexity index is 115. The second kappa shape index (κ2) is 4.33. The lowest BCUT2D eigenvalue weighted by Crippen LogP contribution is -2.35. The van der Waals surface area contributed by atoms with Crippen LogP contribution in [0.5, 0.6) is 0 Å². The van der Waals surface area contributed by atoms with Gasteiger partial charge in [-0.05, 0) is 5.92 Å². The van der Waals surface area contributed by atoms with Crippen LogP contribution < -0.4 is 5.73 Å². The average Bonchev–Trinajstić information content (AvgIpc) is 1.83. The molecule has 0 saturated carbocycles. The third-order valence-electron chi connectivity index (χ3n) is 1.99. The maximum atomic E-state index is 5.88. The highest BCUT2D eigenvalue weighted by Crippen LogP contribution is 2.20. The summed E-state index contributed by atoms with van der Waals surface area (Å²) < 4.78 is 5.07. The van der Waals surface area contributed by atoms with E-state index in [1.165, 1.54) is 0 Å². The summed E-state index contributed by atoms with van der Waals surface area (Å²) in [6.07, 6.45) is 0. The van der Waals surface area contributed by atoms with Gasteiger partial charge < -0.3 is 10.5 Å². The molecule has 0 aromatic carbocycles. The van der Waals surface area contributed by atoms with Crippen molar-refractivity contribution in [2.45, 2.75) is 25.1 Å². The van der Waals surface area contributed by atoms with Crippen LogP contribution in [-0.2, 0) is 4.74 Å². The molecular weight excluding hydrogens is 158 g/mol. The van der Waals surface area contributed by atoms with Gasteiger partial charge in [0.05, 0.1) is 18.5 Å². The van der Waals surface area contributed by atoms with Gasteiger partial charge in [-0.25, -0.2) is 0 Å². The van der Waals surface area contributed by atoms with Crippen LogP contribution >= 0.6 is 11.8 Å². The number of ether oxygens (including phenoxy) is 1. The van der Waals surface area contributed by atoms with Crippen LogP contribution in [0.1, 0.15) is 13.8 Å². The molecule has 11 heavy (non-hydrogen) atoms. The van der Waals surface area contributed by atoms with Gasteiger partial charge in [0.2, 0.25) is 0 Å². The first kappa shape index (κ1) is 9.36. The van der Waals surface area contributed by atoms with Crippen molar-refractivity contribution in [1.82, 2.24) is 0 Å². The van der Waals surface area contributed by atoms with E-state index in [1.54, 1.807) is 0 Å². The summed E-state index contributed by atoms with van der Waals surface area (Å²) in [6.45, 7) is 6.19. The SMILES string of the molecule is CC(C)C(N)CSC1COC1. The Labute approximate surface area is 72.9 Å². The molecule has 1 unspecified atom stereocenters. The maximum Gasteiger partial charge on any atom is 0.0607 e. The van der Waals surface area contributed by atoms with Crippen molar-refractivity contribution < 1.29 is 4.74 Å². The first-order valence-electron chi connectivity index (χ1n) is 4.15. The fraction of sp³-hybridized carbons (Fsp3) is 1.00. The Balaban J connectivity index is 2.01. The van der Waals surface area contributed by atoms with Gasteiger partial charge in [-0.3, -0.25) is 0 Å². The standard InChI is InChI=1S/C8H17NOS/c1-6(2)8(9)5-11-7-3-10-4-7/h6-8H,3-5,9H2,1-2H3. The molecule has 1 heterocycles. The predicted octanol–water partition coefficient (Wildman–Crippen LogP) is 1.10. The quantitative estimate of drug-likeness (QED) is 0.695. The van der Waals surface area contributed by atoms with Crippen molar-refractivity contribution in [3.63, 3.8) is 0 Å². The fourth-order valence-corrected chi connectivity index (χ4v) is 2.01. The van der Waals surface area contributed by atoms with Gasteiger partial charge in [0.15, 0.2) is 0 Å². The lowest BCUT2D eigenvalue weighted by Gasteiger charge is -2.27. The number of hydrogen-bond acceptors (Lipinski definition) is 3. The van der Waals surface area contributed by atoms with Gasteiger partial charge in [-0.1, -0.05) is 13.8 Å². The minimum absolute atomic E-state index is 0.348. The van der Waals surface area contributed by atoms with Gasteiger partial charge in [-0.15, -0.1) is 0 Å². The monoisotopic (exact) mass is 175 g/mol. The highest BCUT2D eigenvalue weighted by molar-refractivity contribution is 8.00. The van der Waals surface area contributed by atoms with E-state index in [0.29, 0.717) is 12.0 Å². The zero-order valence-electron chi connectivity index (χ0n) is 7.25. The normalized spacial score (nSPS) is 21.8. The smallest absolute Gasteiger partial charge is 0.0607 e. The third-order valence-corrected chi connectivity index (χ3v) is 3.31. The van der Waals surface area contributed by atoms with Crippen molar-refractivity contribution in [3.8, 4) is 0 Å². The Kier molecular flexibility index (Phi) is 3.69. The predicted molar refractivity (Wildman–Crippen MR) is 49.9 cm³/mol. The van der Waals surface area contributed by atoms with Crippen molar-refractivity contribution in [3.05, 3.63) is 0 Å². The molecule has 2 nitrogen and oxygen atoms in total. The van der Waals surface area contributed by atoms with E-state index in [-0.39, 0.29) is 0 Å². The van der Waals surface area contributed by atoms with Crippen LogP contribution in [0.3, 0.4) is 0 Å². The zero-order valence-corrected chi connectivity index (χ0v) is 8.06. The van der Waals surface area contributed by atoms with Gasteiger partial charge >= 0.3 is 0 Å². The molecule has 0 aromatic rings. The summed E-state index contributed by atoms with van der Waals surface area (Å²) in [5, 5.41) is 0.722. The van der Waals surface area contributed by atoms with Crippen molar-refractivity contribution >= 4 is 11.8 Å². The van der Waals surface area contributed by atoms with Crippen molar-refractivity contribution in [1.29, 1.82) is 0 Å². The van der Waals surface area contributed by atoms with Crippen LogP contribution in [0.15, 0.2) is 0 Å². The van der Waals surface area contributed by atoms with Crippen LogP contribution in [-0.4, -0.2) is 30.3 Å². The molecule has 1 atom stereocenters. The Hall–Kier alpha value is 0.270. The van der Waals surface area contributed by atoms with E-state index in [1.807, 2.05) is 11.8 Å². The molecule has 0 amide bonds. The number of hydrogen-bond donors (Lipinski definition) is 1. The second-order valence-electron chi connectivity index (χ2n) is 3.40. The lowest BCUT2D eigenvalue weighted by molar-refractivity contribution is 0.0455. The third kappa shape index (κ3) is 3.01. The molecule has 1 fully saturated rings. The second-order valence-corrected chi connectivity index (χ2v) is 4.73. The molecule has 1 aliphatic rings. The molecule has 0 aromatic heterocycles. The molecule has 0 aliphatic carbocycles. The van der Waals surface area contributed by atoms with E-state index >= 15 is 0 Å². The van der Waals surface area contributed by atoms with Crippen LogP contribution in [0, 0.1) is 5.92 Å². The van der Waals surface area contributed by atoms with E-state index < -0.39 is 0 Å². The van der Waals surface area contributed by atoms with E-state index in [9.17, 15) is 0 Å². The Morgan fingerprint density at radius 2 is 2.18 bits per heavy atom. The highest BCUT2D eigenvalue weighted by atomic mass is 32.2. The molecule has 2 N–H and O–H groups in total. The van der Waals surface area contributed by atoms with Gasteiger partial charge in [0.25, 0.3) is 0 Å². The first-order valence-corrected chi connectivity index (χ1v) is 5.20. The number of rotatable bonds is 4. The van der Waals surface area contributed by atoms with Crippen LogP contribution in [0.4, 0.5) is 0 Å². The number of nitrogens with two attached hydrogens (primary N) is 1. The molecular formula is C8H17NOS. The molecule has 66 valence electrons. The van der Waals surface area contributed by atoms with Gasteiger partial charge in [-0.2, -0.15) is 11.8 Å². The van der Waals surface area contributed by atoms with Gasteiger partial charge in [0, 0.05) is 11.8 Å². The summed E-state index contributed by atoms with van der Waals surface area (Å²) >= 11 is 1.95. The van der Waals surface area contributed by atoms with E-state index in [0.717, 1.165) is 24.2 Å². The highest BCUT2D eigenvalue weighted by Gasteiger charge is 2.20. The topological polar surface area (TPSA) is 35.2 Å². The summed E-state index contributed by atoms with van der Waals surface area (Å²) in [5.74, 6) is 1.68. The van der Waals surface area contributed by atoms with Gasteiger partial charge in [0.1, 0.15) is 0 Å². The molecule has 3 heteroatoms. The fourth-order valence-electron chi connectivity index (χ4n) is 0.750. The molecule has 1 rings (SSSR count). The minimum Gasteiger partial charge on any atom is -0.379 e. The molecule has 1 aliphatic heterocycles. The molecule has 1 saturated heterocycles. The van der Waals surface area contributed by atoms with Crippen molar-refractivity contribution in [2.24, 2.45) is 11.7 Å². The summed E-state index contributed by atoms with van der Waals surface area (Å²) in [7, 11) is 0. The summed E-state index contributed by atoms with van der Waals surface area (Å²) in [5.41, 5.74) is 5.88. The summed E-state index contributed by atoms with van der Waals surface area (Å²) in [4.78, 5) is 0. The van der Waals surface area contributed by atoms with Crippen molar-refractivity contribution in [2.75, 3.05) is 19.0 Å². The molecule has 0 bridgehead atoms. The van der Waals surface area contributed by atoms with E-state index in [4.69, 9.17) is 10.5 Å². The van der Waals surface area contributed by atoms with Crippen LogP contribution in [0.2, 0.25) is 0 Å². The largest absolute Gasteiger partial charge is 0.379 e. The van der Waals surface area contributed by atoms with E-state index in [2.05, 4.69) is 13.8 Å². The average molecular weight is 175 g/mol. The minimum atomic E-state index is 0.348. The van der Waals surface area contributed by atoms with Crippen LogP contribution in [0.25, 0.3) is 0 Å². The number of thioether (sulfide) groups is 1.